The highest BCUT2D eigenvalue weighted by Gasteiger charge is 2.31. The first-order chi connectivity index (χ1) is 13.3. The average Bonchev–Trinajstić information content (AvgIpc) is 2.67. The Morgan fingerprint density at radius 2 is 1.86 bits per heavy atom. The first kappa shape index (κ1) is 20.4. The molecule has 0 saturated carbocycles. The van der Waals surface area contributed by atoms with Gasteiger partial charge in [0.1, 0.15) is 6.54 Å². The number of hydrogen-bond acceptors (Lipinski definition) is 3. The third-order valence-corrected chi connectivity index (χ3v) is 7.01. The molecule has 0 spiro atoms. The summed E-state index contributed by atoms with van der Waals surface area (Å²) in [5, 5.41) is 0. The Labute approximate surface area is 168 Å². The van der Waals surface area contributed by atoms with Crippen molar-refractivity contribution in [2.75, 3.05) is 23.9 Å². The lowest BCUT2D eigenvalue weighted by molar-refractivity contribution is -0.131. The first-order valence-electron chi connectivity index (χ1n) is 9.72. The normalized spacial score (nSPS) is 17.4. The zero-order chi connectivity index (χ0) is 20.3. The van der Waals surface area contributed by atoms with Crippen LogP contribution in [0.1, 0.15) is 30.9 Å². The van der Waals surface area contributed by atoms with Gasteiger partial charge in [-0.15, -0.1) is 0 Å². The monoisotopic (exact) mass is 400 g/mol. The molecule has 0 aromatic heterocycles. The lowest BCUT2D eigenvalue weighted by atomic mass is 10.0. The standard InChI is InChI=1S/C22H28N2O3S/c1-17-11-12-21(19(3)14-17)24(28(26,27)20-9-5-4-6-10-20)16-22(25)23-13-7-8-18(2)15-23/h4-6,9-12,14,18H,7-8,13,15-16H2,1-3H3/t18-/m1/s1. The smallest absolute Gasteiger partial charge is 0.264 e. The molecule has 1 aliphatic rings. The van der Waals surface area contributed by atoms with Gasteiger partial charge in [0.05, 0.1) is 10.6 Å². The quantitative estimate of drug-likeness (QED) is 0.768. The Morgan fingerprint density at radius 3 is 2.50 bits per heavy atom. The van der Waals surface area contributed by atoms with Crippen LogP contribution in [0.15, 0.2) is 53.4 Å². The molecule has 3 rings (SSSR count). The highest BCUT2D eigenvalue weighted by Crippen LogP contribution is 2.28. The van der Waals surface area contributed by atoms with Gasteiger partial charge in [0.15, 0.2) is 0 Å². The fourth-order valence-corrected chi connectivity index (χ4v) is 5.24. The van der Waals surface area contributed by atoms with Crippen LogP contribution in [-0.4, -0.2) is 38.9 Å². The van der Waals surface area contributed by atoms with Crippen LogP contribution in [0.3, 0.4) is 0 Å². The minimum absolute atomic E-state index is 0.147. The largest absolute Gasteiger partial charge is 0.341 e. The minimum Gasteiger partial charge on any atom is -0.341 e. The molecule has 0 aliphatic carbocycles. The molecule has 1 fully saturated rings. The summed E-state index contributed by atoms with van der Waals surface area (Å²) in [6.45, 7) is 7.16. The first-order valence-corrected chi connectivity index (χ1v) is 11.2. The van der Waals surface area contributed by atoms with Crippen LogP contribution in [0, 0.1) is 19.8 Å². The molecule has 0 N–H and O–H groups in total. The van der Waals surface area contributed by atoms with Gasteiger partial charge in [-0.25, -0.2) is 8.42 Å². The van der Waals surface area contributed by atoms with E-state index >= 15 is 0 Å². The second kappa shape index (κ2) is 8.35. The molecule has 1 heterocycles. The number of hydrogen-bond donors (Lipinski definition) is 0. The number of aryl methyl sites for hydroxylation is 2. The van der Waals surface area contributed by atoms with E-state index in [-0.39, 0.29) is 17.3 Å². The van der Waals surface area contributed by atoms with E-state index in [0.717, 1.165) is 24.0 Å². The summed E-state index contributed by atoms with van der Waals surface area (Å²) in [5.41, 5.74) is 2.43. The van der Waals surface area contributed by atoms with Crippen molar-refractivity contribution in [3.8, 4) is 0 Å². The molecule has 1 amide bonds. The zero-order valence-electron chi connectivity index (χ0n) is 16.8. The third kappa shape index (κ3) is 4.38. The molecule has 6 heteroatoms. The van der Waals surface area contributed by atoms with Crippen molar-refractivity contribution in [1.29, 1.82) is 0 Å². The number of anilines is 1. The topological polar surface area (TPSA) is 57.7 Å². The molecule has 2 aromatic carbocycles. The summed E-state index contributed by atoms with van der Waals surface area (Å²) < 4.78 is 28.1. The van der Waals surface area contributed by atoms with Gasteiger partial charge in [0.25, 0.3) is 10.0 Å². The van der Waals surface area contributed by atoms with Gasteiger partial charge in [0, 0.05) is 13.1 Å². The molecule has 0 unspecified atom stereocenters. The molecule has 1 aliphatic heterocycles. The summed E-state index contributed by atoms with van der Waals surface area (Å²) in [4.78, 5) is 15.0. The second-order valence-corrected chi connectivity index (χ2v) is 9.56. The molecule has 2 aromatic rings. The minimum atomic E-state index is -3.85. The lowest BCUT2D eigenvalue weighted by Crippen LogP contribution is -2.46. The third-order valence-electron chi connectivity index (χ3n) is 5.24. The van der Waals surface area contributed by atoms with Crippen LogP contribution in [0.4, 0.5) is 5.69 Å². The fraction of sp³-hybridized carbons (Fsp3) is 0.409. The van der Waals surface area contributed by atoms with Gasteiger partial charge in [-0.1, -0.05) is 42.8 Å². The Kier molecular flexibility index (Phi) is 6.08. The summed E-state index contributed by atoms with van der Waals surface area (Å²) in [6.07, 6.45) is 2.06. The molecule has 28 heavy (non-hydrogen) atoms. The van der Waals surface area contributed by atoms with Crippen LogP contribution in [0.5, 0.6) is 0 Å². The molecule has 5 nitrogen and oxygen atoms in total. The maximum absolute atomic E-state index is 13.4. The van der Waals surface area contributed by atoms with Crippen LogP contribution < -0.4 is 4.31 Å². The molecule has 1 atom stereocenters. The van der Waals surface area contributed by atoms with Gasteiger partial charge < -0.3 is 4.90 Å². The van der Waals surface area contributed by atoms with Crippen molar-refractivity contribution < 1.29 is 13.2 Å². The van der Waals surface area contributed by atoms with Gasteiger partial charge >= 0.3 is 0 Å². The highest BCUT2D eigenvalue weighted by molar-refractivity contribution is 7.92. The summed E-state index contributed by atoms with van der Waals surface area (Å²) in [5.74, 6) is 0.295. The number of carbonyl (C=O) groups excluding carboxylic acids is 1. The van der Waals surface area contributed by atoms with Crippen molar-refractivity contribution in [3.63, 3.8) is 0 Å². The van der Waals surface area contributed by atoms with Crippen LogP contribution in [0.2, 0.25) is 0 Å². The highest BCUT2D eigenvalue weighted by atomic mass is 32.2. The van der Waals surface area contributed by atoms with Crippen LogP contribution in [-0.2, 0) is 14.8 Å². The number of likely N-dealkylation sites (tertiary alicyclic amines) is 1. The lowest BCUT2D eigenvalue weighted by Gasteiger charge is -2.33. The maximum atomic E-state index is 13.4. The number of benzene rings is 2. The van der Waals surface area contributed by atoms with Gasteiger partial charge in [-0.2, -0.15) is 0 Å². The van der Waals surface area contributed by atoms with E-state index in [1.54, 1.807) is 41.3 Å². The van der Waals surface area contributed by atoms with E-state index < -0.39 is 10.0 Å². The predicted molar refractivity (Wildman–Crippen MR) is 112 cm³/mol. The molecule has 0 bridgehead atoms. The van der Waals surface area contributed by atoms with E-state index in [9.17, 15) is 13.2 Å². The Hall–Kier alpha value is -2.34. The Balaban J connectivity index is 1.98. The summed E-state index contributed by atoms with van der Waals surface area (Å²) >= 11 is 0. The van der Waals surface area contributed by atoms with Gasteiger partial charge in [-0.05, 0) is 56.4 Å². The van der Waals surface area contributed by atoms with Gasteiger partial charge in [0.2, 0.25) is 5.91 Å². The SMILES string of the molecule is Cc1ccc(N(CC(=O)N2CCC[C@@H](C)C2)S(=O)(=O)c2ccccc2)c(C)c1. The van der Waals surface area contributed by atoms with Crippen molar-refractivity contribution >= 4 is 21.6 Å². The Bertz CT molecular complexity index is 942. The molecular weight excluding hydrogens is 372 g/mol. The number of carbonyl (C=O) groups is 1. The molecule has 1 saturated heterocycles. The molecule has 150 valence electrons. The molecule has 0 radical (unpaired) electrons. The van der Waals surface area contributed by atoms with E-state index in [1.807, 2.05) is 26.0 Å². The maximum Gasteiger partial charge on any atom is 0.264 e. The van der Waals surface area contributed by atoms with Crippen LogP contribution in [0.25, 0.3) is 0 Å². The number of nitrogens with zero attached hydrogens (tertiary/aromatic N) is 2. The van der Waals surface area contributed by atoms with Crippen molar-refractivity contribution in [1.82, 2.24) is 4.90 Å². The fourth-order valence-electron chi connectivity index (χ4n) is 3.74. The number of piperidine rings is 1. The number of rotatable bonds is 5. The second-order valence-electron chi connectivity index (χ2n) is 7.70. The van der Waals surface area contributed by atoms with E-state index in [2.05, 4.69) is 6.92 Å². The predicted octanol–water partition coefficient (Wildman–Crippen LogP) is 3.76. The van der Waals surface area contributed by atoms with Crippen molar-refractivity contribution in [2.45, 2.75) is 38.5 Å². The summed E-state index contributed by atoms with van der Waals surface area (Å²) in [7, 11) is -3.85. The summed E-state index contributed by atoms with van der Waals surface area (Å²) in [6, 6.07) is 13.9. The Morgan fingerprint density at radius 1 is 1.14 bits per heavy atom. The van der Waals surface area contributed by atoms with E-state index in [4.69, 9.17) is 0 Å². The average molecular weight is 401 g/mol. The van der Waals surface area contributed by atoms with Crippen molar-refractivity contribution in [2.24, 2.45) is 5.92 Å². The van der Waals surface area contributed by atoms with Crippen LogP contribution >= 0.6 is 0 Å². The van der Waals surface area contributed by atoms with E-state index in [0.29, 0.717) is 24.7 Å². The zero-order valence-corrected chi connectivity index (χ0v) is 17.6. The van der Waals surface area contributed by atoms with Crippen molar-refractivity contribution in [3.05, 3.63) is 59.7 Å². The van der Waals surface area contributed by atoms with Gasteiger partial charge in [-0.3, -0.25) is 9.10 Å². The van der Waals surface area contributed by atoms with E-state index in [1.165, 1.54) is 4.31 Å². The molecular formula is C22H28N2O3S. The number of amides is 1. The number of sulfonamides is 1.